The lowest BCUT2D eigenvalue weighted by molar-refractivity contribution is 0.125. The maximum Gasteiger partial charge on any atom is 0.0339 e. The summed E-state index contributed by atoms with van der Waals surface area (Å²) in [5.41, 5.74) is 3.96. The fourth-order valence-corrected chi connectivity index (χ4v) is 4.76. The van der Waals surface area contributed by atoms with Gasteiger partial charge in [0.05, 0.1) is 0 Å². The summed E-state index contributed by atoms with van der Waals surface area (Å²) in [5, 5.41) is 0. The molecule has 0 aliphatic heterocycles. The Labute approximate surface area is 188 Å². The molecular weight excluding hydrogens is 364 g/mol. The Morgan fingerprint density at radius 3 is 2.10 bits per heavy atom. The van der Waals surface area contributed by atoms with Crippen LogP contribution in [0, 0.1) is 24.7 Å². The fourth-order valence-electron chi connectivity index (χ4n) is 4.76. The van der Waals surface area contributed by atoms with Crippen molar-refractivity contribution >= 4 is 0 Å². The lowest BCUT2D eigenvalue weighted by Gasteiger charge is -2.42. The highest BCUT2D eigenvalue weighted by atomic mass is 15.2. The molecule has 1 aromatic rings. The van der Waals surface area contributed by atoms with Gasteiger partial charge in [-0.2, -0.15) is 0 Å². The van der Waals surface area contributed by atoms with Gasteiger partial charge < -0.3 is 4.90 Å². The first-order valence-electron chi connectivity index (χ1n) is 11.9. The summed E-state index contributed by atoms with van der Waals surface area (Å²) < 4.78 is 0. The second-order valence-electron chi connectivity index (χ2n) is 9.66. The van der Waals surface area contributed by atoms with Gasteiger partial charge in [0, 0.05) is 37.8 Å². The van der Waals surface area contributed by atoms with Crippen LogP contribution in [0.3, 0.4) is 0 Å². The second-order valence-corrected chi connectivity index (χ2v) is 9.66. The van der Waals surface area contributed by atoms with Crippen LogP contribution in [0.1, 0.15) is 71.4 Å². The molecule has 0 heterocycles. The van der Waals surface area contributed by atoms with E-state index in [9.17, 15) is 0 Å². The van der Waals surface area contributed by atoms with Crippen molar-refractivity contribution in [2.45, 2.75) is 85.9 Å². The van der Waals surface area contributed by atoms with Crippen LogP contribution in [-0.2, 0) is 6.54 Å². The molecule has 0 saturated carbocycles. The summed E-state index contributed by atoms with van der Waals surface area (Å²) in [4.78, 5) is 5.01. The average molecular weight is 413 g/mol. The molecule has 0 fully saturated rings. The van der Waals surface area contributed by atoms with E-state index in [1.165, 1.54) is 29.7 Å². The van der Waals surface area contributed by atoms with Gasteiger partial charge in [0.25, 0.3) is 0 Å². The number of hydrogen-bond donors (Lipinski definition) is 0. The number of allylic oxidation sites excluding steroid dienone is 1. The Bertz CT molecular complexity index is 631. The van der Waals surface area contributed by atoms with E-state index in [1.807, 2.05) is 0 Å². The molecule has 4 atom stereocenters. The second kappa shape index (κ2) is 13.0. The maximum absolute atomic E-state index is 4.57. The minimum atomic E-state index is 0.471. The summed E-state index contributed by atoms with van der Waals surface area (Å²) >= 11 is 0. The first-order chi connectivity index (χ1) is 14.2. The predicted molar refractivity (Wildman–Crippen MR) is 135 cm³/mol. The molecule has 4 unspecified atom stereocenters. The summed E-state index contributed by atoms with van der Waals surface area (Å²) in [5.74, 6) is 1.84. The van der Waals surface area contributed by atoms with E-state index in [0.29, 0.717) is 29.8 Å². The normalized spacial score (nSPS) is 15.7. The highest BCUT2D eigenvalue weighted by molar-refractivity contribution is 5.21. The van der Waals surface area contributed by atoms with Crippen LogP contribution < -0.4 is 0 Å². The highest BCUT2D eigenvalue weighted by Gasteiger charge is 2.30. The van der Waals surface area contributed by atoms with Crippen molar-refractivity contribution in [3.63, 3.8) is 0 Å². The van der Waals surface area contributed by atoms with E-state index < -0.39 is 0 Å². The monoisotopic (exact) mass is 412 g/mol. The highest BCUT2D eigenvalue weighted by Crippen LogP contribution is 2.31. The zero-order chi connectivity index (χ0) is 22.8. The number of nitrogens with zero attached hydrogens (tertiary/aromatic N) is 2. The molecule has 30 heavy (non-hydrogen) atoms. The topological polar surface area (TPSA) is 6.48 Å². The molecule has 0 aliphatic rings. The minimum absolute atomic E-state index is 0.471. The molecule has 2 heteroatoms. The molecule has 0 spiro atoms. The van der Waals surface area contributed by atoms with Gasteiger partial charge in [0.1, 0.15) is 0 Å². The summed E-state index contributed by atoms with van der Waals surface area (Å²) in [7, 11) is 4.53. The summed E-state index contributed by atoms with van der Waals surface area (Å²) in [6.07, 6.45) is 6.54. The third-order valence-corrected chi connectivity index (χ3v) is 6.98. The van der Waals surface area contributed by atoms with Crippen LogP contribution in [0.15, 0.2) is 49.2 Å². The van der Waals surface area contributed by atoms with Crippen molar-refractivity contribution in [2.24, 2.45) is 17.8 Å². The minimum Gasteiger partial charge on any atom is -0.375 e. The SMILES string of the molecule is C=CCC(CC)C(C(C)CC)N(C)C(=C)CC(C(C)C)N(C)Cc1ccc(C)cc1. The fraction of sp³-hybridized carbons (Fsp3) is 0.643. The smallest absolute Gasteiger partial charge is 0.0339 e. The third kappa shape index (κ3) is 7.61. The number of aryl methyl sites for hydroxylation is 1. The zero-order valence-electron chi connectivity index (χ0n) is 21.1. The van der Waals surface area contributed by atoms with Crippen molar-refractivity contribution < 1.29 is 0 Å². The molecule has 2 nitrogen and oxygen atoms in total. The molecule has 0 saturated heterocycles. The van der Waals surface area contributed by atoms with E-state index in [2.05, 4.69) is 109 Å². The van der Waals surface area contributed by atoms with E-state index in [0.717, 1.165) is 19.4 Å². The van der Waals surface area contributed by atoms with Gasteiger partial charge in [0.2, 0.25) is 0 Å². The Morgan fingerprint density at radius 2 is 1.63 bits per heavy atom. The van der Waals surface area contributed by atoms with Crippen LogP contribution in [-0.4, -0.2) is 36.0 Å². The third-order valence-electron chi connectivity index (χ3n) is 6.98. The summed E-state index contributed by atoms with van der Waals surface area (Å²) in [6, 6.07) is 9.91. The van der Waals surface area contributed by atoms with E-state index >= 15 is 0 Å². The van der Waals surface area contributed by atoms with Crippen LogP contribution in [0.2, 0.25) is 0 Å². The number of rotatable bonds is 14. The van der Waals surface area contributed by atoms with Crippen molar-refractivity contribution in [3.05, 3.63) is 60.3 Å². The van der Waals surface area contributed by atoms with Crippen molar-refractivity contribution in [1.29, 1.82) is 0 Å². The standard InChI is InChI=1S/C28H48N2/c1-11-14-26(13-3)28(23(7)12-2)30(10)24(8)19-27(21(4)5)29(9)20-25-17-15-22(6)16-18-25/h11,15-18,21,23,26-28H,1,8,12-14,19-20H2,2-7,9-10H3. The Kier molecular flexibility index (Phi) is 11.5. The van der Waals surface area contributed by atoms with Gasteiger partial charge in [-0.3, -0.25) is 4.90 Å². The van der Waals surface area contributed by atoms with E-state index in [-0.39, 0.29) is 0 Å². The van der Waals surface area contributed by atoms with E-state index in [1.54, 1.807) is 0 Å². The van der Waals surface area contributed by atoms with Gasteiger partial charge >= 0.3 is 0 Å². The Morgan fingerprint density at radius 1 is 1.03 bits per heavy atom. The lowest BCUT2D eigenvalue weighted by Crippen LogP contribution is -2.44. The Hall–Kier alpha value is -1.54. The van der Waals surface area contributed by atoms with Gasteiger partial charge in [-0.05, 0) is 43.7 Å². The van der Waals surface area contributed by atoms with Gasteiger partial charge in [-0.1, -0.05) is 89.9 Å². The van der Waals surface area contributed by atoms with Gasteiger partial charge in [-0.15, -0.1) is 6.58 Å². The molecule has 170 valence electrons. The maximum atomic E-state index is 4.57. The molecule has 0 aliphatic carbocycles. The number of hydrogen-bond acceptors (Lipinski definition) is 2. The molecule has 1 aromatic carbocycles. The Balaban J connectivity index is 2.95. The molecule has 0 bridgehead atoms. The van der Waals surface area contributed by atoms with Gasteiger partial charge in [0.15, 0.2) is 0 Å². The molecule has 1 rings (SSSR count). The van der Waals surface area contributed by atoms with Crippen molar-refractivity contribution in [2.75, 3.05) is 14.1 Å². The van der Waals surface area contributed by atoms with Gasteiger partial charge in [-0.25, -0.2) is 0 Å². The van der Waals surface area contributed by atoms with Crippen LogP contribution >= 0.6 is 0 Å². The quantitative estimate of drug-likeness (QED) is 0.296. The van der Waals surface area contributed by atoms with Crippen molar-refractivity contribution in [3.8, 4) is 0 Å². The predicted octanol–water partition coefficient (Wildman–Crippen LogP) is 7.30. The molecule has 0 N–H and O–H groups in total. The summed E-state index contributed by atoms with van der Waals surface area (Å²) in [6.45, 7) is 23.4. The molecule has 0 radical (unpaired) electrons. The van der Waals surface area contributed by atoms with Crippen LogP contribution in [0.25, 0.3) is 0 Å². The van der Waals surface area contributed by atoms with E-state index in [4.69, 9.17) is 0 Å². The lowest BCUT2D eigenvalue weighted by atomic mass is 9.82. The molecule has 0 amide bonds. The molecule has 0 aromatic heterocycles. The average Bonchev–Trinajstić information content (AvgIpc) is 2.72. The first kappa shape index (κ1) is 26.5. The number of benzene rings is 1. The molecular formula is C28H48N2. The van der Waals surface area contributed by atoms with Crippen molar-refractivity contribution in [1.82, 2.24) is 9.80 Å². The largest absolute Gasteiger partial charge is 0.375 e. The first-order valence-corrected chi connectivity index (χ1v) is 11.9. The van der Waals surface area contributed by atoms with Crippen LogP contribution in [0.4, 0.5) is 0 Å². The van der Waals surface area contributed by atoms with Crippen LogP contribution in [0.5, 0.6) is 0 Å². The zero-order valence-corrected chi connectivity index (χ0v) is 21.1.